The third kappa shape index (κ3) is 2.42. The predicted molar refractivity (Wildman–Crippen MR) is 102 cm³/mol. The lowest BCUT2D eigenvalue weighted by Gasteiger charge is -2.62. The first-order valence-corrected chi connectivity index (χ1v) is 10.8. The highest BCUT2D eigenvalue weighted by molar-refractivity contribution is 5.13. The lowest BCUT2D eigenvalue weighted by atomic mass is 9.43. The van der Waals surface area contributed by atoms with Crippen LogP contribution < -0.4 is 0 Å². The second-order valence-electron chi connectivity index (χ2n) is 10.5. The van der Waals surface area contributed by atoms with Crippen molar-refractivity contribution in [2.24, 2.45) is 46.3 Å². The van der Waals surface area contributed by atoms with Gasteiger partial charge in [0.2, 0.25) is 0 Å². The summed E-state index contributed by atoms with van der Waals surface area (Å²) in [5, 5.41) is 21.5. The topological polar surface area (TPSA) is 40.5 Å². The molecule has 0 heterocycles. The van der Waals surface area contributed by atoms with Crippen molar-refractivity contribution < 1.29 is 10.2 Å². The first kappa shape index (κ1) is 18.0. The van der Waals surface area contributed by atoms with Gasteiger partial charge >= 0.3 is 0 Å². The molecule has 0 aromatic rings. The van der Waals surface area contributed by atoms with Crippen LogP contribution in [0.1, 0.15) is 72.1 Å². The third-order valence-electron chi connectivity index (χ3n) is 9.82. The van der Waals surface area contributed by atoms with Crippen LogP contribution in [-0.4, -0.2) is 22.4 Å². The van der Waals surface area contributed by atoms with Crippen molar-refractivity contribution in [2.75, 3.05) is 0 Å². The fraction of sp³-hybridized carbons (Fsp3) is 0.913. The predicted octanol–water partition coefficient (Wildman–Crippen LogP) is 4.80. The molecule has 4 saturated carbocycles. The number of rotatable bonds is 2. The molecule has 142 valence electrons. The van der Waals surface area contributed by atoms with E-state index in [1.165, 1.54) is 25.7 Å². The summed E-state index contributed by atoms with van der Waals surface area (Å²) in [6.45, 7) is 11.2. The Labute approximate surface area is 154 Å². The van der Waals surface area contributed by atoms with Gasteiger partial charge in [-0.15, -0.1) is 6.58 Å². The van der Waals surface area contributed by atoms with Crippen molar-refractivity contribution in [3.05, 3.63) is 12.7 Å². The zero-order valence-electron chi connectivity index (χ0n) is 16.5. The molecule has 0 bridgehead atoms. The van der Waals surface area contributed by atoms with E-state index in [4.69, 9.17) is 0 Å². The molecule has 4 aliphatic rings. The van der Waals surface area contributed by atoms with Gasteiger partial charge in [0.25, 0.3) is 0 Å². The van der Waals surface area contributed by atoms with E-state index in [2.05, 4.69) is 33.4 Å². The van der Waals surface area contributed by atoms with Crippen molar-refractivity contribution in [1.29, 1.82) is 0 Å². The van der Waals surface area contributed by atoms with Gasteiger partial charge in [-0.05, 0) is 97.7 Å². The summed E-state index contributed by atoms with van der Waals surface area (Å²) in [6, 6.07) is 0. The van der Waals surface area contributed by atoms with Gasteiger partial charge < -0.3 is 10.2 Å². The number of hydrogen-bond acceptors (Lipinski definition) is 2. The van der Waals surface area contributed by atoms with E-state index in [9.17, 15) is 10.2 Å². The number of aliphatic hydroxyl groups is 2. The minimum Gasteiger partial charge on any atom is -0.393 e. The summed E-state index contributed by atoms with van der Waals surface area (Å²) in [4.78, 5) is 0. The molecule has 4 rings (SSSR count). The van der Waals surface area contributed by atoms with Gasteiger partial charge in [0.15, 0.2) is 0 Å². The van der Waals surface area contributed by atoms with Crippen LogP contribution in [0.25, 0.3) is 0 Å². The molecule has 2 heteroatoms. The minimum atomic E-state index is -0.170. The Balaban J connectivity index is 1.65. The monoisotopic (exact) mass is 346 g/mol. The maximum atomic E-state index is 11.4. The molecular weight excluding hydrogens is 308 g/mol. The van der Waals surface area contributed by atoms with E-state index in [0.717, 1.165) is 31.6 Å². The van der Waals surface area contributed by atoms with Gasteiger partial charge in [-0.3, -0.25) is 0 Å². The van der Waals surface area contributed by atoms with Crippen LogP contribution in [-0.2, 0) is 0 Å². The van der Waals surface area contributed by atoms with Gasteiger partial charge in [0, 0.05) is 0 Å². The van der Waals surface area contributed by atoms with Crippen molar-refractivity contribution in [3.63, 3.8) is 0 Å². The number of aliphatic hydroxyl groups excluding tert-OH is 2. The number of allylic oxidation sites excluding steroid dienone is 1. The zero-order chi connectivity index (χ0) is 18.0. The van der Waals surface area contributed by atoms with Crippen LogP contribution in [0.2, 0.25) is 0 Å². The Morgan fingerprint density at radius 3 is 2.48 bits per heavy atom. The van der Waals surface area contributed by atoms with Crippen LogP contribution in [0, 0.1) is 46.3 Å². The van der Waals surface area contributed by atoms with Gasteiger partial charge in [-0.1, -0.05) is 26.8 Å². The molecule has 0 aromatic carbocycles. The van der Waals surface area contributed by atoms with Gasteiger partial charge in [-0.25, -0.2) is 0 Å². The van der Waals surface area contributed by atoms with E-state index in [-0.39, 0.29) is 17.6 Å². The Morgan fingerprint density at radius 1 is 1.00 bits per heavy atom. The van der Waals surface area contributed by atoms with E-state index >= 15 is 0 Å². The Bertz CT molecular complexity index is 530. The van der Waals surface area contributed by atoms with Crippen LogP contribution in [0.4, 0.5) is 0 Å². The van der Waals surface area contributed by atoms with Gasteiger partial charge in [0.1, 0.15) is 0 Å². The van der Waals surface area contributed by atoms with E-state index < -0.39 is 0 Å². The summed E-state index contributed by atoms with van der Waals surface area (Å²) in [5.74, 6) is 3.87. The Hall–Kier alpha value is -0.340. The smallest absolute Gasteiger partial charge is 0.0602 e. The van der Waals surface area contributed by atoms with Crippen molar-refractivity contribution >= 4 is 0 Å². The van der Waals surface area contributed by atoms with Gasteiger partial charge in [-0.2, -0.15) is 0 Å². The summed E-state index contributed by atoms with van der Waals surface area (Å²) in [6.07, 6.45) is 11.1. The first-order chi connectivity index (χ1) is 11.8. The fourth-order valence-electron chi connectivity index (χ4n) is 8.26. The van der Waals surface area contributed by atoms with Crippen molar-refractivity contribution in [1.82, 2.24) is 0 Å². The fourth-order valence-corrected chi connectivity index (χ4v) is 8.26. The first-order valence-electron chi connectivity index (χ1n) is 10.8. The average molecular weight is 347 g/mol. The highest BCUT2D eigenvalue weighted by Crippen LogP contribution is 2.68. The molecular formula is C23H38O2. The van der Waals surface area contributed by atoms with Gasteiger partial charge in [0.05, 0.1) is 12.2 Å². The molecule has 2 N–H and O–H groups in total. The minimum absolute atomic E-state index is 0.0755. The second kappa shape index (κ2) is 6.09. The van der Waals surface area contributed by atoms with Crippen molar-refractivity contribution in [2.45, 2.75) is 84.3 Å². The molecule has 25 heavy (non-hydrogen) atoms. The quantitative estimate of drug-likeness (QED) is 0.705. The molecule has 0 unspecified atom stereocenters. The van der Waals surface area contributed by atoms with Crippen LogP contribution in [0.15, 0.2) is 12.7 Å². The van der Waals surface area contributed by atoms with Crippen LogP contribution in [0.5, 0.6) is 0 Å². The molecule has 10 atom stereocenters. The maximum absolute atomic E-state index is 11.4. The summed E-state index contributed by atoms with van der Waals surface area (Å²) < 4.78 is 0. The van der Waals surface area contributed by atoms with Crippen molar-refractivity contribution in [3.8, 4) is 0 Å². The lowest BCUT2D eigenvalue weighted by molar-refractivity contribution is -0.173. The molecule has 2 nitrogen and oxygen atoms in total. The van der Waals surface area contributed by atoms with E-state index in [1.807, 2.05) is 0 Å². The van der Waals surface area contributed by atoms with Crippen LogP contribution in [0.3, 0.4) is 0 Å². The summed E-state index contributed by atoms with van der Waals surface area (Å²) in [7, 11) is 0. The molecule has 4 aliphatic carbocycles. The molecule has 0 amide bonds. The standard InChI is InChI=1S/C23H38O2/c1-5-14(2)18-8-9-19-17-7-6-15-12-16(24)10-11-22(15,3)20(17)13-21(25)23(18,19)4/h5,14-21,24-25H,1,6-13H2,2-4H3/t14-,15-,16-,17+,18-,19+,20+,21+,22+,23-/m1/s1. The second-order valence-corrected chi connectivity index (χ2v) is 10.5. The van der Waals surface area contributed by atoms with Crippen LogP contribution >= 0.6 is 0 Å². The lowest BCUT2D eigenvalue weighted by Crippen LogP contribution is -2.58. The molecule has 0 radical (unpaired) electrons. The molecule has 0 aliphatic heterocycles. The maximum Gasteiger partial charge on any atom is 0.0602 e. The Morgan fingerprint density at radius 2 is 1.76 bits per heavy atom. The molecule has 0 spiro atoms. The summed E-state index contributed by atoms with van der Waals surface area (Å²) in [5.41, 5.74) is 0.415. The Kier molecular flexibility index (Phi) is 4.40. The van der Waals surface area contributed by atoms with E-state index in [1.54, 1.807) is 0 Å². The largest absolute Gasteiger partial charge is 0.393 e. The molecule has 4 fully saturated rings. The average Bonchev–Trinajstić information content (AvgIpc) is 2.95. The molecule has 0 saturated heterocycles. The number of hydrogen-bond donors (Lipinski definition) is 2. The highest BCUT2D eigenvalue weighted by Gasteiger charge is 2.63. The highest BCUT2D eigenvalue weighted by atomic mass is 16.3. The summed E-state index contributed by atoms with van der Waals surface area (Å²) >= 11 is 0. The SMILES string of the molecule is C=C[C@@H](C)[C@H]1CC[C@H]2[C@@H]3CC[C@@H]4C[C@H](O)CC[C@]4(C)[C@H]3C[C@H](O)[C@]12C. The van der Waals surface area contributed by atoms with E-state index in [0.29, 0.717) is 35.0 Å². The molecule has 0 aromatic heterocycles. The normalized spacial score (nSPS) is 56.4. The third-order valence-corrected chi connectivity index (χ3v) is 9.82. The zero-order valence-corrected chi connectivity index (χ0v) is 16.5. The number of fused-ring (bicyclic) bond motifs is 5.